The Morgan fingerprint density at radius 3 is 2.36 bits per heavy atom. The van der Waals surface area contributed by atoms with Crippen LogP contribution in [0.4, 0.5) is 9.52 Å². The number of thiazole rings is 1. The Morgan fingerprint density at radius 2 is 1.73 bits per heavy atom. The number of benzene rings is 2. The molecule has 178 valence electrons. The number of aromatic nitrogens is 1. The van der Waals surface area contributed by atoms with E-state index in [2.05, 4.69) is 23.7 Å². The summed E-state index contributed by atoms with van der Waals surface area (Å²) in [5, 5.41) is 3.10. The Hall–Kier alpha value is -2.19. The fraction of sp³-hybridized carbons (Fsp3) is 0.333. The van der Waals surface area contributed by atoms with Crippen LogP contribution in [0.15, 0.2) is 53.9 Å². The van der Waals surface area contributed by atoms with Gasteiger partial charge in [0.25, 0.3) is 5.91 Å². The summed E-state index contributed by atoms with van der Waals surface area (Å²) in [6.07, 6.45) is 0.819. The van der Waals surface area contributed by atoms with Gasteiger partial charge in [0.1, 0.15) is 11.6 Å². The molecule has 1 heterocycles. The average molecular weight is 512 g/mol. The van der Waals surface area contributed by atoms with Crippen molar-refractivity contribution in [2.24, 2.45) is 0 Å². The maximum Gasteiger partial charge on any atom is 0.266 e. The first-order chi connectivity index (χ1) is 15.5. The lowest BCUT2D eigenvalue weighted by Crippen LogP contribution is -2.37. The molecule has 0 bridgehead atoms. The molecule has 9 heteroatoms. The molecular weight excluding hydrogens is 484 g/mol. The summed E-state index contributed by atoms with van der Waals surface area (Å²) in [6, 6.07) is 13.1. The molecule has 0 unspecified atom stereocenters. The van der Waals surface area contributed by atoms with Crippen molar-refractivity contribution in [3.05, 3.63) is 64.8 Å². The second-order valence-corrected chi connectivity index (χ2v) is 8.46. The quantitative estimate of drug-likeness (QED) is 0.308. The van der Waals surface area contributed by atoms with Crippen molar-refractivity contribution in [2.45, 2.75) is 20.3 Å². The van der Waals surface area contributed by atoms with Crippen LogP contribution >= 0.6 is 35.3 Å². The van der Waals surface area contributed by atoms with E-state index in [9.17, 15) is 9.18 Å². The molecule has 0 fully saturated rings. The number of hydrogen-bond donors (Lipinski definition) is 0. The van der Waals surface area contributed by atoms with E-state index in [1.165, 1.54) is 23.5 Å². The standard InChI is InChI=1S/C24H27ClFN3O2S.ClH/c1-3-28(4-2)14-5-15-29(23(30)16-31-21-12-8-19(25)9-13-21)24-27-22(17-32-24)18-6-10-20(26)11-7-18;/h6-13,17H,3-5,14-16H2,1-2H3;1H. The van der Waals surface area contributed by atoms with Gasteiger partial charge in [-0.2, -0.15) is 0 Å². The van der Waals surface area contributed by atoms with Crippen molar-refractivity contribution in [1.82, 2.24) is 9.88 Å². The van der Waals surface area contributed by atoms with Crippen molar-refractivity contribution in [1.29, 1.82) is 0 Å². The Morgan fingerprint density at radius 1 is 1.06 bits per heavy atom. The first kappa shape index (κ1) is 27.1. The lowest BCUT2D eigenvalue weighted by Gasteiger charge is -2.23. The van der Waals surface area contributed by atoms with Gasteiger partial charge < -0.3 is 9.64 Å². The van der Waals surface area contributed by atoms with Gasteiger partial charge in [0, 0.05) is 22.5 Å². The molecule has 0 atom stereocenters. The minimum Gasteiger partial charge on any atom is -0.484 e. The van der Waals surface area contributed by atoms with Gasteiger partial charge in [0.05, 0.1) is 5.69 Å². The summed E-state index contributed by atoms with van der Waals surface area (Å²) in [7, 11) is 0. The van der Waals surface area contributed by atoms with Crippen molar-refractivity contribution in [3.63, 3.8) is 0 Å². The van der Waals surface area contributed by atoms with Gasteiger partial charge >= 0.3 is 0 Å². The van der Waals surface area contributed by atoms with Crippen LogP contribution < -0.4 is 9.64 Å². The van der Waals surface area contributed by atoms with Crippen molar-refractivity contribution < 1.29 is 13.9 Å². The monoisotopic (exact) mass is 511 g/mol. The summed E-state index contributed by atoms with van der Waals surface area (Å²) in [4.78, 5) is 21.7. The minimum atomic E-state index is -0.295. The zero-order valence-corrected chi connectivity index (χ0v) is 21.1. The largest absolute Gasteiger partial charge is 0.484 e. The number of carbonyl (C=O) groups excluding carboxylic acids is 1. The molecule has 0 saturated heterocycles. The average Bonchev–Trinajstić information content (AvgIpc) is 3.29. The number of hydrogen-bond acceptors (Lipinski definition) is 5. The van der Waals surface area contributed by atoms with Crippen LogP contribution in [0.25, 0.3) is 11.3 Å². The van der Waals surface area contributed by atoms with Gasteiger partial charge in [-0.15, -0.1) is 23.7 Å². The number of rotatable bonds is 11. The highest BCUT2D eigenvalue weighted by atomic mass is 35.5. The SMILES string of the molecule is CCN(CC)CCCN(C(=O)COc1ccc(Cl)cc1)c1nc(-c2ccc(F)cc2)cs1.Cl. The fourth-order valence-electron chi connectivity index (χ4n) is 3.21. The third kappa shape index (κ3) is 7.96. The van der Waals surface area contributed by atoms with E-state index in [4.69, 9.17) is 16.3 Å². The topological polar surface area (TPSA) is 45.7 Å². The van der Waals surface area contributed by atoms with Crippen LogP contribution in [-0.4, -0.2) is 48.6 Å². The molecule has 2 aromatic carbocycles. The first-order valence-electron chi connectivity index (χ1n) is 10.6. The van der Waals surface area contributed by atoms with E-state index in [-0.39, 0.29) is 30.7 Å². The summed E-state index contributed by atoms with van der Waals surface area (Å²) >= 11 is 7.30. The normalized spacial score (nSPS) is 10.7. The molecule has 0 aliphatic rings. The van der Waals surface area contributed by atoms with Crippen LogP contribution in [0.1, 0.15) is 20.3 Å². The molecule has 0 aliphatic heterocycles. The maximum absolute atomic E-state index is 13.3. The second kappa shape index (κ2) is 13.5. The number of anilines is 1. The second-order valence-electron chi connectivity index (χ2n) is 7.19. The molecule has 0 aliphatic carbocycles. The number of amides is 1. The number of nitrogens with zero attached hydrogens (tertiary/aromatic N) is 3. The minimum absolute atomic E-state index is 0. The van der Waals surface area contributed by atoms with Gasteiger partial charge in [-0.05, 0) is 74.6 Å². The van der Waals surface area contributed by atoms with Crippen LogP contribution in [0.3, 0.4) is 0 Å². The van der Waals surface area contributed by atoms with Gasteiger partial charge in [-0.25, -0.2) is 9.37 Å². The molecule has 1 aromatic heterocycles. The van der Waals surface area contributed by atoms with Gasteiger partial charge in [0.15, 0.2) is 11.7 Å². The van der Waals surface area contributed by atoms with Crippen molar-refractivity contribution in [3.8, 4) is 17.0 Å². The molecule has 0 spiro atoms. The van der Waals surface area contributed by atoms with Crippen LogP contribution in [0.5, 0.6) is 5.75 Å². The zero-order chi connectivity index (χ0) is 22.9. The van der Waals surface area contributed by atoms with E-state index in [0.29, 0.717) is 28.1 Å². The molecule has 3 rings (SSSR count). The fourth-order valence-corrected chi connectivity index (χ4v) is 4.22. The van der Waals surface area contributed by atoms with Gasteiger partial charge in [-0.3, -0.25) is 9.69 Å². The molecule has 0 saturated carbocycles. The smallest absolute Gasteiger partial charge is 0.266 e. The predicted octanol–water partition coefficient (Wildman–Crippen LogP) is 6.17. The number of ether oxygens (including phenoxy) is 1. The van der Waals surface area contributed by atoms with Gasteiger partial charge in [0.2, 0.25) is 0 Å². The summed E-state index contributed by atoms with van der Waals surface area (Å²) < 4.78 is 18.9. The maximum atomic E-state index is 13.3. The zero-order valence-electron chi connectivity index (χ0n) is 18.7. The van der Waals surface area contributed by atoms with Crippen LogP contribution in [-0.2, 0) is 4.79 Å². The lowest BCUT2D eigenvalue weighted by atomic mass is 10.2. The summed E-state index contributed by atoms with van der Waals surface area (Å²) in [5.41, 5.74) is 1.52. The molecule has 33 heavy (non-hydrogen) atoms. The number of halogens is 3. The van der Waals surface area contributed by atoms with Crippen molar-refractivity contribution >= 4 is 46.4 Å². The highest BCUT2D eigenvalue weighted by molar-refractivity contribution is 7.14. The Labute approximate surface area is 209 Å². The van der Waals surface area contributed by atoms with Crippen LogP contribution in [0, 0.1) is 5.82 Å². The Balaban J connectivity index is 0.00000385. The molecule has 3 aromatic rings. The highest BCUT2D eigenvalue weighted by Crippen LogP contribution is 2.28. The molecule has 1 amide bonds. The Kier molecular flexibility index (Phi) is 11.1. The van der Waals surface area contributed by atoms with E-state index >= 15 is 0 Å². The van der Waals surface area contributed by atoms with E-state index in [1.807, 2.05) is 5.38 Å². The molecule has 0 radical (unpaired) electrons. The number of carbonyl (C=O) groups is 1. The van der Waals surface area contributed by atoms with Crippen LogP contribution in [0.2, 0.25) is 5.02 Å². The molecule has 0 N–H and O–H groups in total. The van der Waals surface area contributed by atoms with E-state index in [0.717, 1.165) is 31.6 Å². The van der Waals surface area contributed by atoms with Gasteiger partial charge in [-0.1, -0.05) is 25.4 Å². The molecular formula is C24H28Cl2FN3O2S. The van der Waals surface area contributed by atoms with E-state index < -0.39 is 0 Å². The third-order valence-electron chi connectivity index (χ3n) is 5.09. The van der Waals surface area contributed by atoms with Crippen molar-refractivity contribution in [2.75, 3.05) is 37.7 Å². The molecule has 5 nitrogen and oxygen atoms in total. The van der Waals surface area contributed by atoms with E-state index in [1.54, 1.807) is 41.3 Å². The summed E-state index contributed by atoms with van der Waals surface area (Å²) in [5.74, 6) is 0.119. The Bertz CT molecular complexity index is 996. The third-order valence-corrected chi connectivity index (χ3v) is 6.21. The lowest BCUT2D eigenvalue weighted by molar-refractivity contribution is -0.120. The first-order valence-corrected chi connectivity index (χ1v) is 11.9. The highest BCUT2D eigenvalue weighted by Gasteiger charge is 2.20. The summed E-state index contributed by atoms with van der Waals surface area (Å²) in [6.45, 7) is 7.52. The predicted molar refractivity (Wildman–Crippen MR) is 136 cm³/mol.